The Morgan fingerprint density at radius 2 is 1.86 bits per heavy atom. The molecule has 22 heavy (non-hydrogen) atoms. The number of amides is 1. The summed E-state index contributed by atoms with van der Waals surface area (Å²) in [6.45, 7) is 5.85. The van der Waals surface area contributed by atoms with Gasteiger partial charge in [-0.2, -0.15) is 0 Å². The molecule has 0 aliphatic carbocycles. The molecule has 2 rings (SSSR count). The fourth-order valence-electron chi connectivity index (χ4n) is 2.18. The SMILES string of the molecule is Cc1nc(SC/C=C/c2ccccc2)c(C(N)=O)c(C)c1C. The predicted octanol–water partition coefficient (Wildman–Crippen LogP) is 3.91. The van der Waals surface area contributed by atoms with Gasteiger partial charge in [-0.25, -0.2) is 4.98 Å². The van der Waals surface area contributed by atoms with Gasteiger partial charge in [0.2, 0.25) is 0 Å². The number of nitrogens with zero attached hydrogens (tertiary/aromatic N) is 1. The number of carbonyl (C=O) groups is 1. The molecule has 1 heterocycles. The number of carbonyl (C=O) groups excluding carboxylic acids is 1. The van der Waals surface area contributed by atoms with Crippen LogP contribution < -0.4 is 5.73 Å². The van der Waals surface area contributed by atoms with Crippen molar-refractivity contribution in [2.75, 3.05) is 5.75 Å². The third-order valence-corrected chi connectivity index (χ3v) is 4.56. The van der Waals surface area contributed by atoms with Gasteiger partial charge in [-0.1, -0.05) is 42.5 Å². The quantitative estimate of drug-likeness (QED) is 0.852. The van der Waals surface area contributed by atoms with Gasteiger partial charge in [0.1, 0.15) is 5.03 Å². The molecule has 0 spiro atoms. The monoisotopic (exact) mass is 312 g/mol. The summed E-state index contributed by atoms with van der Waals surface area (Å²) in [6, 6.07) is 10.1. The molecule has 2 N–H and O–H groups in total. The van der Waals surface area contributed by atoms with Crippen LogP contribution in [0.25, 0.3) is 6.08 Å². The summed E-state index contributed by atoms with van der Waals surface area (Å²) in [5, 5.41) is 0.714. The van der Waals surface area contributed by atoms with Gasteiger partial charge in [0.25, 0.3) is 5.91 Å². The van der Waals surface area contributed by atoms with E-state index in [-0.39, 0.29) is 0 Å². The van der Waals surface area contributed by atoms with Crippen LogP contribution in [0, 0.1) is 20.8 Å². The average Bonchev–Trinajstić information content (AvgIpc) is 2.50. The molecule has 4 heteroatoms. The third kappa shape index (κ3) is 3.77. The Labute approximate surface area is 135 Å². The molecule has 0 atom stereocenters. The first-order valence-electron chi connectivity index (χ1n) is 7.12. The summed E-state index contributed by atoms with van der Waals surface area (Å²) in [7, 11) is 0. The van der Waals surface area contributed by atoms with Crippen LogP contribution in [0.3, 0.4) is 0 Å². The van der Waals surface area contributed by atoms with Crippen LogP contribution in [-0.2, 0) is 0 Å². The van der Waals surface area contributed by atoms with E-state index < -0.39 is 5.91 Å². The lowest BCUT2D eigenvalue weighted by Crippen LogP contribution is -2.16. The van der Waals surface area contributed by atoms with Crippen LogP contribution in [0.15, 0.2) is 41.4 Å². The topological polar surface area (TPSA) is 56.0 Å². The molecule has 2 aromatic rings. The Morgan fingerprint density at radius 3 is 2.50 bits per heavy atom. The molecule has 1 amide bonds. The van der Waals surface area contributed by atoms with E-state index in [1.165, 1.54) is 11.8 Å². The summed E-state index contributed by atoms with van der Waals surface area (Å²) < 4.78 is 0. The summed E-state index contributed by atoms with van der Waals surface area (Å²) in [4.78, 5) is 16.2. The van der Waals surface area contributed by atoms with Gasteiger partial charge < -0.3 is 5.73 Å². The number of nitrogens with two attached hydrogens (primary N) is 1. The van der Waals surface area contributed by atoms with Crippen LogP contribution in [0.5, 0.6) is 0 Å². The minimum absolute atomic E-state index is 0.414. The molecule has 1 aromatic carbocycles. The van der Waals surface area contributed by atoms with Crippen molar-refractivity contribution in [3.8, 4) is 0 Å². The highest BCUT2D eigenvalue weighted by Gasteiger charge is 2.16. The highest BCUT2D eigenvalue weighted by molar-refractivity contribution is 7.99. The maximum absolute atomic E-state index is 11.7. The number of primary amides is 1. The Hall–Kier alpha value is -2.07. The van der Waals surface area contributed by atoms with E-state index >= 15 is 0 Å². The second-order valence-corrected chi connectivity index (χ2v) is 6.12. The molecule has 1 aromatic heterocycles. The van der Waals surface area contributed by atoms with Crippen LogP contribution >= 0.6 is 11.8 Å². The predicted molar refractivity (Wildman–Crippen MR) is 93.2 cm³/mol. The average molecular weight is 312 g/mol. The van der Waals surface area contributed by atoms with Crippen molar-refractivity contribution in [1.82, 2.24) is 4.98 Å². The van der Waals surface area contributed by atoms with E-state index in [2.05, 4.69) is 29.3 Å². The Kier molecular flexibility index (Phi) is 5.39. The molecule has 0 radical (unpaired) electrons. The van der Waals surface area contributed by atoms with Gasteiger partial charge >= 0.3 is 0 Å². The summed E-state index contributed by atoms with van der Waals surface area (Å²) in [6.07, 6.45) is 4.13. The Bertz CT molecular complexity index is 709. The molecule has 0 fully saturated rings. The molecule has 0 saturated carbocycles. The maximum atomic E-state index is 11.7. The zero-order valence-electron chi connectivity index (χ0n) is 13.1. The summed E-state index contributed by atoms with van der Waals surface area (Å²) >= 11 is 1.53. The molecule has 0 bridgehead atoms. The lowest BCUT2D eigenvalue weighted by atomic mass is 10.0. The summed E-state index contributed by atoms with van der Waals surface area (Å²) in [5.74, 6) is 0.326. The van der Waals surface area contributed by atoms with Gasteiger partial charge in [-0.15, -0.1) is 11.8 Å². The first-order chi connectivity index (χ1) is 10.5. The van der Waals surface area contributed by atoms with Crippen molar-refractivity contribution in [3.63, 3.8) is 0 Å². The van der Waals surface area contributed by atoms with E-state index in [1.807, 2.05) is 39.0 Å². The molecule has 0 aliphatic rings. The largest absolute Gasteiger partial charge is 0.366 e. The standard InChI is InChI=1S/C18H20N2OS/c1-12-13(2)16(17(19)21)18(20-14(12)3)22-11-7-10-15-8-5-4-6-9-15/h4-10H,11H2,1-3H3,(H2,19,21)/b10-7+. The van der Waals surface area contributed by atoms with Crippen LogP contribution in [-0.4, -0.2) is 16.6 Å². The van der Waals surface area contributed by atoms with Crippen LogP contribution in [0.4, 0.5) is 0 Å². The number of rotatable bonds is 5. The fraction of sp³-hybridized carbons (Fsp3) is 0.222. The molecule has 0 aliphatic heterocycles. The normalized spacial score (nSPS) is 11.0. The summed E-state index contributed by atoms with van der Waals surface area (Å²) in [5.41, 5.74) is 10.1. The fourth-order valence-corrected chi connectivity index (χ4v) is 3.13. The number of aryl methyl sites for hydroxylation is 1. The van der Waals surface area contributed by atoms with Gasteiger partial charge in [0.15, 0.2) is 0 Å². The van der Waals surface area contributed by atoms with Gasteiger partial charge in [0.05, 0.1) is 5.56 Å². The smallest absolute Gasteiger partial charge is 0.251 e. The lowest BCUT2D eigenvalue weighted by molar-refractivity contribution is 0.0996. The molecule has 114 valence electrons. The molecule has 0 saturated heterocycles. The van der Waals surface area contributed by atoms with Crippen molar-refractivity contribution in [1.29, 1.82) is 0 Å². The second kappa shape index (κ2) is 7.27. The van der Waals surface area contributed by atoms with Gasteiger partial charge in [0, 0.05) is 11.4 Å². The number of benzene rings is 1. The maximum Gasteiger partial charge on any atom is 0.251 e. The van der Waals surface area contributed by atoms with Crippen molar-refractivity contribution >= 4 is 23.7 Å². The van der Waals surface area contributed by atoms with E-state index in [0.717, 1.165) is 28.1 Å². The highest BCUT2D eigenvalue weighted by Crippen LogP contribution is 2.26. The third-order valence-electron chi connectivity index (χ3n) is 3.64. The molecule has 3 nitrogen and oxygen atoms in total. The van der Waals surface area contributed by atoms with Gasteiger partial charge in [-0.05, 0) is 37.5 Å². The van der Waals surface area contributed by atoms with Crippen molar-refractivity contribution in [3.05, 3.63) is 64.4 Å². The van der Waals surface area contributed by atoms with Crippen LogP contribution in [0.1, 0.15) is 32.7 Å². The van der Waals surface area contributed by atoms with E-state index in [4.69, 9.17) is 5.73 Å². The van der Waals surface area contributed by atoms with Crippen molar-refractivity contribution in [2.24, 2.45) is 5.73 Å². The molecular weight excluding hydrogens is 292 g/mol. The first kappa shape index (κ1) is 16.3. The number of thioether (sulfide) groups is 1. The Morgan fingerprint density at radius 1 is 1.18 bits per heavy atom. The zero-order valence-corrected chi connectivity index (χ0v) is 13.9. The highest BCUT2D eigenvalue weighted by atomic mass is 32.2. The minimum atomic E-state index is -0.414. The van der Waals surface area contributed by atoms with Crippen molar-refractivity contribution < 1.29 is 4.79 Å². The molecular formula is C18H20N2OS. The number of pyridine rings is 1. The van der Waals surface area contributed by atoms with E-state index in [0.29, 0.717) is 10.6 Å². The number of hydrogen-bond acceptors (Lipinski definition) is 3. The van der Waals surface area contributed by atoms with Crippen LogP contribution in [0.2, 0.25) is 0 Å². The molecule has 0 unspecified atom stereocenters. The van der Waals surface area contributed by atoms with Crippen molar-refractivity contribution in [2.45, 2.75) is 25.8 Å². The van der Waals surface area contributed by atoms with Gasteiger partial charge in [-0.3, -0.25) is 4.79 Å². The number of hydrogen-bond donors (Lipinski definition) is 1. The van der Waals surface area contributed by atoms with E-state index in [9.17, 15) is 4.79 Å². The lowest BCUT2D eigenvalue weighted by Gasteiger charge is -2.12. The minimum Gasteiger partial charge on any atom is -0.366 e. The zero-order chi connectivity index (χ0) is 16.1. The first-order valence-corrected chi connectivity index (χ1v) is 8.11. The number of aromatic nitrogens is 1. The second-order valence-electron chi connectivity index (χ2n) is 5.12. The van der Waals surface area contributed by atoms with E-state index in [1.54, 1.807) is 0 Å². The Balaban J connectivity index is 2.16.